The molecule has 0 radical (unpaired) electrons. The molecule has 1 fully saturated rings. The summed E-state index contributed by atoms with van der Waals surface area (Å²) in [7, 11) is 1.65. The zero-order chi connectivity index (χ0) is 15.0. The number of rotatable bonds is 2. The van der Waals surface area contributed by atoms with Crippen LogP contribution < -0.4 is 0 Å². The van der Waals surface area contributed by atoms with Crippen LogP contribution >= 0.6 is 0 Å². The van der Waals surface area contributed by atoms with Gasteiger partial charge >= 0.3 is 6.18 Å². The summed E-state index contributed by atoms with van der Waals surface area (Å²) in [6.07, 6.45) is -1.15. The number of alkyl halides is 3. The molecule has 3 rings (SSSR count). The Hall–Kier alpha value is -1.96. The fraction of sp³-hybridized carbons (Fsp3) is 0.462. The Kier molecular flexibility index (Phi) is 3.40. The maximum Gasteiger partial charge on any atom is 0.393 e. The Morgan fingerprint density at radius 3 is 2.62 bits per heavy atom. The van der Waals surface area contributed by atoms with E-state index >= 15 is 0 Å². The van der Waals surface area contributed by atoms with Gasteiger partial charge in [0.15, 0.2) is 0 Å². The second-order valence-corrected chi connectivity index (χ2v) is 5.17. The largest absolute Gasteiger partial charge is 0.393 e. The fourth-order valence-electron chi connectivity index (χ4n) is 2.59. The Balaban J connectivity index is 1.89. The van der Waals surface area contributed by atoms with E-state index < -0.39 is 18.0 Å². The molecule has 0 aromatic carbocycles. The van der Waals surface area contributed by atoms with E-state index in [1.54, 1.807) is 36.5 Å². The SMILES string of the molecule is CN1CC(c2nc(-c3ccncc3)no2)C(C(F)(F)F)C1. The number of pyridine rings is 1. The molecule has 1 saturated heterocycles. The van der Waals surface area contributed by atoms with E-state index in [0.717, 1.165) is 0 Å². The lowest BCUT2D eigenvalue weighted by Gasteiger charge is -2.18. The number of aromatic nitrogens is 3. The van der Waals surface area contributed by atoms with Gasteiger partial charge in [0.2, 0.25) is 11.7 Å². The molecular formula is C13H13F3N4O. The highest BCUT2D eigenvalue weighted by atomic mass is 19.4. The van der Waals surface area contributed by atoms with Crippen LogP contribution in [-0.4, -0.2) is 46.3 Å². The summed E-state index contributed by atoms with van der Waals surface area (Å²) >= 11 is 0. The molecule has 1 aliphatic heterocycles. The van der Waals surface area contributed by atoms with Gasteiger partial charge in [-0.1, -0.05) is 5.16 Å². The third-order valence-corrected chi connectivity index (χ3v) is 3.62. The molecule has 0 N–H and O–H groups in total. The van der Waals surface area contributed by atoms with Crippen LogP contribution in [0.15, 0.2) is 29.0 Å². The molecule has 3 heterocycles. The van der Waals surface area contributed by atoms with Gasteiger partial charge in [0.1, 0.15) is 0 Å². The van der Waals surface area contributed by atoms with E-state index in [4.69, 9.17) is 4.52 Å². The maximum absolute atomic E-state index is 13.1. The van der Waals surface area contributed by atoms with E-state index in [2.05, 4.69) is 15.1 Å². The van der Waals surface area contributed by atoms with Gasteiger partial charge < -0.3 is 9.42 Å². The minimum Gasteiger partial charge on any atom is -0.339 e. The van der Waals surface area contributed by atoms with Crippen LogP contribution in [0.5, 0.6) is 0 Å². The van der Waals surface area contributed by atoms with Crippen molar-refractivity contribution < 1.29 is 17.7 Å². The number of hydrogen-bond donors (Lipinski definition) is 0. The number of likely N-dealkylation sites (N-methyl/N-ethyl adjacent to an activating group) is 1. The van der Waals surface area contributed by atoms with E-state index in [1.807, 2.05) is 0 Å². The van der Waals surface area contributed by atoms with Crippen molar-refractivity contribution in [1.82, 2.24) is 20.0 Å². The summed E-state index contributed by atoms with van der Waals surface area (Å²) in [5.41, 5.74) is 0.662. The molecule has 0 amide bonds. The van der Waals surface area contributed by atoms with Crippen molar-refractivity contribution in [1.29, 1.82) is 0 Å². The molecule has 8 heteroatoms. The van der Waals surface area contributed by atoms with Crippen LogP contribution in [0, 0.1) is 5.92 Å². The Bertz CT molecular complexity index is 613. The predicted molar refractivity (Wildman–Crippen MR) is 67.3 cm³/mol. The van der Waals surface area contributed by atoms with Gasteiger partial charge in [0, 0.05) is 31.0 Å². The Morgan fingerprint density at radius 1 is 1.24 bits per heavy atom. The van der Waals surface area contributed by atoms with Gasteiger partial charge in [0.05, 0.1) is 11.8 Å². The average molecular weight is 298 g/mol. The monoisotopic (exact) mass is 298 g/mol. The lowest BCUT2D eigenvalue weighted by molar-refractivity contribution is -0.175. The van der Waals surface area contributed by atoms with Crippen LogP contribution in [0.3, 0.4) is 0 Å². The van der Waals surface area contributed by atoms with Crippen molar-refractivity contribution in [3.05, 3.63) is 30.4 Å². The summed E-state index contributed by atoms with van der Waals surface area (Å²) in [5.74, 6) is -1.98. The third-order valence-electron chi connectivity index (χ3n) is 3.62. The average Bonchev–Trinajstić information content (AvgIpc) is 3.05. The van der Waals surface area contributed by atoms with Crippen molar-refractivity contribution in [3.63, 3.8) is 0 Å². The summed E-state index contributed by atoms with van der Waals surface area (Å²) in [4.78, 5) is 9.62. The molecule has 0 bridgehead atoms. The quantitative estimate of drug-likeness (QED) is 0.852. The van der Waals surface area contributed by atoms with Crippen molar-refractivity contribution in [2.75, 3.05) is 20.1 Å². The topological polar surface area (TPSA) is 55.1 Å². The lowest BCUT2D eigenvalue weighted by atomic mass is 9.95. The standard InChI is InChI=1S/C13H13F3N4O/c1-20-6-9(10(7-20)13(14,15)16)12-18-11(19-21-12)8-2-4-17-5-3-8/h2-5,9-10H,6-7H2,1H3. The molecule has 5 nitrogen and oxygen atoms in total. The van der Waals surface area contributed by atoms with Crippen LogP contribution in [0.4, 0.5) is 13.2 Å². The Labute approximate surface area is 118 Å². The van der Waals surface area contributed by atoms with E-state index in [-0.39, 0.29) is 24.8 Å². The number of likely N-dealkylation sites (tertiary alicyclic amines) is 1. The first-order valence-electron chi connectivity index (χ1n) is 6.44. The van der Waals surface area contributed by atoms with Crippen LogP contribution in [0.2, 0.25) is 0 Å². The first-order valence-corrected chi connectivity index (χ1v) is 6.44. The minimum absolute atomic E-state index is 0.0356. The summed E-state index contributed by atoms with van der Waals surface area (Å²) in [6, 6.07) is 3.35. The fourth-order valence-corrected chi connectivity index (χ4v) is 2.59. The highest BCUT2D eigenvalue weighted by Crippen LogP contribution is 2.42. The van der Waals surface area contributed by atoms with E-state index in [9.17, 15) is 13.2 Å². The molecule has 1 aliphatic rings. The zero-order valence-electron chi connectivity index (χ0n) is 11.2. The van der Waals surface area contributed by atoms with Crippen molar-refractivity contribution in [2.45, 2.75) is 12.1 Å². The second kappa shape index (κ2) is 5.10. The van der Waals surface area contributed by atoms with Crippen LogP contribution in [0.25, 0.3) is 11.4 Å². The molecule has 21 heavy (non-hydrogen) atoms. The first kappa shape index (κ1) is 14.0. The van der Waals surface area contributed by atoms with Gasteiger partial charge in [-0.2, -0.15) is 18.2 Å². The molecular weight excluding hydrogens is 285 g/mol. The molecule has 2 aromatic rings. The van der Waals surface area contributed by atoms with Gasteiger partial charge in [-0.3, -0.25) is 4.98 Å². The third kappa shape index (κ3) is 2.76. The number of hydrogen-bond acceptors (Lipinski definition) is 5. The molecule has 2 unspecified atom stereocenters. The molecule has 2 atom stereocenters. The summed E-state index contributed by atoms with van der Waals surface area (Å²) in [6.45, 7) is 0.198. The molecule has 2 aromatic heterocycles. The number of nitrogens with zero attached hydrogens (tertiary/aromatic N) is 4. The van der Waals surface area contributed by atoms with Gasteiger partial charge in [-0.25, -0.2) is 0 Å². The van der Waals surface area contributed by atoms with Gasteiger partial charge in [-0.15, -0.1) is 0 Å². The summed E-state index contributed by atoms with van der Waals surface area (Å²) < 4.78 is 44.3. The molecule has 0 saturated carbocycles. The van der Waals surface area contributed by atoms with E-state index in [1.165, 1.54) is 0 Å². The molecule has 0 aliphatic carbocycles. The van der Waals surface area contributed by atoms with Crippen molar-refractivity contribution in [3.8, 4) is 11.4 Å². The van der Waals surface area contributed by atoms with Gasteiger partial charge in [0.25, 0.3) is 0 Å². The smallest absolute Gasteiger partial charge is 0.339 e. The van der Waals surface area contributed by atoms with Crippen LogP contribution in [-0.2, 0) is 0 Å². The van der Waals surface area contributed by atoms with E-state index in [0.29, 0.717) is 5.56 Å². The highest BCUT2D eigenvalue weighted by molar-refractivity contribution is 5.52. The highest BCUT2D eigenvalue weighted by Gasteiger charge is 2.51. The number of halogens is 3. The normalized spacial score (nSPS) is 23.6. The van der Waals surface area contributed by atoms with Gasteiger partial charge in [-0.05, 0) is 19.2 Å². The summed E-state index contributed by atoms with van der Waals surface area (Å²) in [5, 5.41) is 3.77. The van der Waals surface area contributed by atoms with Crippen molar-refractivity contribution >= 4 is 0 Å². The molecule has 112 valence electrons. The first-order chi connectivity index (χ1) is 9.95. The lowest BCUT2D eigenvalue weighted by Crippen LogP contribution is -2.29. The van der Waals surface area contributed by atoms with Crippen molar-refractivity contribution in [2.24, 2.45) is 5.92 Å². The maximum atomic E-state index is 13.1. The predicted octanol–water partition coefficient (Wildman–Crippen LogP) is 2.34. The second-order valence-electron chi connectivity index (χ2n) is 5.17. The van der Waals surface area contributed by atoms with Crippen LogP contribution in [0.1, 0.15) is 11.8 Å². The molecule has 0 spiro atoms. The Morgan fingerprint density at radius 2 is 1.95 bits per heavy atom. The minimum atomic E-state index is -4.28. The zero-order valence-corrected chi connectivity index (χ0v) is 11.2.